The van der Waals surface area contributed by atoms with Crippen LogP contribution in [0.3, 0.4) is 0 Å². The van der Waals surface area contributed by atoms with Crippen LogP contribution in [0, 0.1) is 6.92 Å². The summed E-state index contributed by atoms with van der Waals surface area (Å²) in [7, 11) is 0. The first kappa shape index (κ1) is 14.0. The molecule has 3 nitrogen and oxygen atoms in total. The zero-order valence-electron chi connectivity index (χ0n) is 11.0. The zero-order chi connectivity index (χ0) is 13.1. The zero-order valence-corrected chi connectivity index (χ0v) is 11.9. The van der Waals surface area contributed by atoms with Crippen LogP contribution >= 0.6 is 11.8 Å². The molecule has 1 rings (SSSR count). The Kier molecular flexibility index (Phi) is 4.57. The summed E-state index contributed by atoms with van der Waals surface area (Å²) in [6.45, 7) is 9.58. The van der Waals surface area contributed by atoms with Gasteiger partial charge in [-0.25, -0.2) is 4.79 Å². The quantitative estimate of drug-likeness (QED) is 0.611. The number of thioether (sulfide) groups is 1. The van der Waals surface area contributed by atoms with E-state index in [0.717, 1.165) is 16.3 Å². The van der Waals surface area contributed by atoms with Crippen LogP contribution in [0.5, 0.6) is 0 Å². The number of rotatable bonds is 3. The lowest BCUT2D eigenvalue weighted by atomic mass is 10.2. The van der Waals surface area contributed by atoms with Crippen LogP contribution in [0.15, 0.2) is 17.2 Å². The Balaban J connectivity index is 2.91. The Labute approximate surface area is 107 Å². The van der Waals surface area contributed by atoms with Gasteiger partial charge in [-0.05, 0) is 39.5 Å². The van der Waals surface area contributed by atoms with Crippen LogP contribution < -0.4 is 0 Å². The van der Waals surface area contributed by atoms with Gasteiger partial charge in [0.05, 0.1) is 11.3 Å². The molecule has 0 radical (unpaired) electrons. The fourth-order valence-electron chi connectivity index (χ4n) is 1.26. The number of carbonyl (C=O) groups is 1. The van der Waals surface area contributed by atoms with E-state index in [2.05, 4.69) is 11.9 Å². The van der Waals surface area contributed by atoms with Crippen molar-refractivity contribution in [3.8, 4) is 0 Å². The summed E-state index contributed by atoms with van der Waals surface area (Å²) >= 11 is 1.68. The Bertz CT molecular complexity index is 410. The molecule has 0 amide bonds. The fraction of sp³-hybridized carbons (Fsp3) is 0.538. The lowest BCUT2D eigenvalue weighted by Crippen LogP contribution is -2.24. The van der Waals surface area contributed by atoms with Crippen molar-refractivity contribution in [1.82, 2.24) is 4.98 Å². The molecule has 0 atom stereocenters. The van der Waals surface area contributed by atoms with Gasteiger partial charge in [-0.2, -0.15) is 0 Å². The van der Waals surface area contributed by atoms with E-state index in [9.17, 15) is 4.79 Å². The molecule has 4 heteroatoms. The second kappa shape index (κ2) is 5.54. The van der Waals surface area contributed by atoms with E-state index < -0.39 is 5.60 Å². The Morgan fingerprint density at radius 3 is 2.65 bits per heavy atom. The van der Waals surface area contributed by atoms with Gasteiger partial charge in [-0.15, -0.1) is 11.8 Å². The van der Waals surface area contributed by atoms with Gasteiger partial charge in [-0.1, -0.05) is 6.92 Å². The summed E-state index contributed by atoms with van der Waals surface area (Å²) in [6.07, 6.45) is 1.57. The first-order chi connectivity index (χ1) is 7.83. The third-order valence-corrected chi connectivity index (χ3v) is 2.99. The minimum absolute atomic E-state index is 0.317. The molecule has 0 unspecified atom stereocenters. The lowest BCUT2D eigenvalue weighted by molar-refractivity contribution is 0.00688. The summed E-state index contributed by atoms with van der Waals surface area (Å²) in [5.74, 6) is 0.642. The van der Waals surface area contributed by atoms with Gasteiger partial charge in [0.1, 0.15) is 5.60 Å². The first-order valence-corrected chi connectivity index (χ1v) is 6.65. The van der Waals surface area contributed by atoms with E-state index in [1.807, 2.05) is 33.8 Å². The van der Waals surface area contributed by atoms with Crippen molar-refractivity contribution in [2.45, 2.75) is 45.1 Å². The Hall–Kier alpha value is -1.03. The predicted molar refractivity (Wildman–Crippen MR) is 70.5 cm³/mol. The maximum atomic E-state index is 11.9. The monoisotopic (exact) mass is 253 g/mol. The maximum absolute atomic E-state index is 11.9. The SMILES string of the molecule is CCSc1cc(C(=O)OC(C)(C)C)cnc1C. The predicted octanol–water partition coefficient (Wildman–Crippen LogP) is 3.46. The Morgan fingerprint density at radius 1 is 1.47 bits per heavy atom. The summed E-state index contributed by atoms with van der Waals surface area (Å²) in [5, 5.41) is 0. The van der Waals surface area contributed by atoms with E-state index in [1.54, 1.807) is 18.0 Å². The number of hydrogen-bond donors (Lipinski definition) is 0. The molecule has 1 aromatic heterocycles. The molecular formula is C13H19NO2S. The Morgan fingerprint density at radius 2 is 2.12 bits per heavy atom. The first-order valence-electron chi connectivity index (χ1n) is 5.66. The number of aromatic nitrogens is 1. The standard InChI is InChI=1S/C13H19NO2S/c1-6-17-11-7-10(8-14-9(11)2)12(15)16-13(3,4)5/h7-8H,6H2,1-5H3. The molecule has 0 aliphatic rings. The molecule has 1 aromatic rings. The largest absolute Gasteiger partial charge is 0.456 e. The summed E-state index contributed by atoms with van der Waals surface area (Å²) in [4.78, 5) is 17.1. The highest BCUT2D eigenvalue weighted by Crippen LogP contribution is 2.22. The van der Waals surface area contributed by atoms with Gasteiger partial charge < -0.3 is 4.74 Å². The minimum Gasteiger partial charge on any atom is -0.456 e. The van der Waals surface area contributed by atoms with Crippen molar-refractivity contribution in [3.63, 3.8) is 0 Å². The molecule has 0 bridgehead atoms. The van der Waals surface area contributed by atoms with Crippen LogP contribution in [0.4, 0.5) is 0 Å². The van der Waals surface area contributed by atoms with Gasteiger partial charge in [0.15, 0.2) is 0 Å². The summed E-state index contributed by atoms with van der Waals surface area (Å²) < 4.78 is 5.31. The second-order valence-electron chi connectivity index (χ2n) is 4.74. The van der Waals surface area contributed by atoms with Gasteiger partial charge in [0.25, 0.3) is 0 Å². The van der Waals surface area contributed by atoms with Gasteiger partial charge in [-0.3, -0.25) is 4.98 Å². The third kappa shape index (κ3) is 4.38. The molecule has 0 aromatic carbocycles. The average molecular weight is 253 g/mol. The van der Waals surface area contributed by atoms with Crippen molar-refractivity contribution >= 4 is 17.7 Å². The number of carbonyl (C=O) groups excluding carboxylic acids is 1. The summed E-state index contributed by atoms with van der Waals surface area (Å²) in [6, 6.07) is 1.85. The van der Waals surface area contributed by atoms with Gasteiger partial charge in [0, 0.05) is 11.1 Å². The van der Waals surface area contributed by atoms with Crippen LogP contribution in [-0.2, 0) is 4.74 Å². The molecule has 1 heterocycles. The number of esters is 1. The van der Waals surface area contributed by atoms with Crippen LogP contribution in [0.25, 0.3) is 0 Å². The van der Waals surface area contributed by atoms with Crippen molar-refractivity contribution < 1.29 is 9.53 Å². The van der Waals surface area contributed by atoms with Crippen molar-refractivity contribution in [3.05, 3.63) is 23.5 Å². The number of pyridine rings is 1. The second-order valence-corrected chi connectivity index (χ2v) is 6.05. The number of nitrogens with zero attached hydrogens (tertiary/aromatic N) is 1. The highest BCUT2D eigenvalue weighted by molar-refractivity contribution is 7.99. The van der Waals surface area contributed by atoms with Crippen LogP contribution in [-0.4, -0.2) is 22.3 Å². The molecule has 0 saturated carbocycles. The molecule has 94 valence electrons. The highest BCUT2D eigenvalue weighted by atomic mass is 32.2. The van der Waals surface area contributed by atoms with Crippen LogP contribution in [0.2, 0.25) is 0 Å². The average Bonchev–Trinajstić information content (AvgIpc) is 2.19. The van der Waals surface area contributed by atoms with E-state index in [1.165, 1.54) is 0 Å². The lowest BCUT2D eigenvalue weighted by Gasteiger charge is -2.19. The van der Waals surface area contributed by atoms with Crippen molar-refractivity contribution in [2.75, 3.05) is 5.75 Å². The number of hydrogen-bond acceptors (Lipinski definition) is 4. The highest BCUT2D eigenvalue weighted by Gasteiger charge is 2.18. The maximum Gasteiger partial charge on any atom is 0.340 e. The molecule has 0 spiro atoms. The van der Waals surface area contributed by atoms with Gasteiger partial charge in [0.2, 0.25) is 0 Å². The van der Waals surface area contributed by atoms with Crippen molar-refractivity contribution in [1.29, 1.82) is 0 Å². The molecule has 0 aliphatic heterocycles. The number of ether oxygens (including phenoxy) is 1. The van der Waals surface area contributed by atoms with E-state index in [0.29, 0.717) is 5.56 Å². The van der Waals surface area contributed by atoms with Crippen LogP contribution in [0.1, 0.15) is 43.7 Å². The van der Waals surface area contributed by atoms with Gasteiger partial charge >= 0.3 is 5.97 Å². The topological polar surface area (TPSA) is 39.2 Å². The molecule has 0 fully saturated rings. The van der Waals surface area contributed by atoms with E-state index in [-0.39, 0.29) is 5.97 Å². The number of aryl methyl sites for hydroxylation is 1. The van der Waals surface area contributed by atoms with E-state index >= 15 is 0 Å². The molecule has 0 saturated heterocycles. The summed E-state index contributed by atoms with van der Waals surface area (Å²) in [5.41, 5.74) is 0.991. The normalized spacial score (nSPS) is 11.4. The molecule has 0 N–H and O–H groups in total. The molecular weight excluding hydrogens is 234 g/mol. The van der Waals surface area contributed by atoms with Crippen molar-refractivity contribution in [2.24, 2.45) is 0 Å². The smallest absolute Gasteiger partial charge is 0.340 e. The van der Waals surface area contributed by atoms with E-state index in [4.69, 9.17) is 4.74 Å². The third-order valence-electron chi connectivity index (χ3n) is 1.97. The molecule has 17 heavy (non-hydrogen) atoms. The fourth-order valence-corrected chi connectivity index (χ4v) is 2.05. The minimum atomic E-state index is -0.472. The molecule has 0 aliphatic carbocycles.